The van der Waals surface area contributed by atoms with E-state index in [1.165, 1.54) is 21.5 Å². The van der Waals surface area contributed by atoms with Gasteiger partial charge in [0.05, 0.1) is 12.1 Å². The lowest BCUT2D eigenvalue weighted by atomic mass is 10.1. The first-order chi connectivity index (χ1) is 15.5. The molecule has 1 aromatic carbocycles. The molecule has 0 atom stereocenters. The van der Waals surface area contributed by atoms with Crippen LogP contribution in [0, 0.1) is 5.82 Å². The highest BCUT2D eigenvalue weighted by Gasteiger charge is 2.23. The smallest absolute Gasteiger partial charge is 0.278 e. The molecule has 1 aliphatic heterocycles. The molecule has 0 unspecified atom stereocenters. The standard InChI is InChI=1S/C22H26FN7O2/c1-3-4-10-28-20-18(13-15(2)24-20)21(31)29(22(28)32)11-5-12-30-26-19(25-27-30)14-16-6-8-17(23)9-7-16/h6-9H,3-5,10-14H2,1-2H3. The number of tetrazole rings is 1. The van der Waals surface area contributed by atoms with Crippen LogP contribution in [0.2, 0.25) is 0 Å². The molecule has 2 aromatic heterocycles. The van der Waals surface area contributed by atoms with Crippen LogP contribution in [0.15, 0.2) is 38.8 Å². The van der Waals surface area contributed by atoms with Crippen molar-refractivity contribution in [1.82, 2.24) is 29.3 Å². The van der Waals surface area contributed by atoms with Crippen LogP contribution in [-0.4, -0.2) is 35.1 Å². The van der Waals surface area contributed by atoms with E-state index >= 15 is 0 Å². The molecule has 3 heterocycles. The summed E-state index contributed by atoms with van der Waals surface area (Å²) in [7, 11) is 0. The maximum atomic E-state index is 13.0. The normalized spacial score (nSPS) is 12.8. The number of aromatic nitrogens is 6. The molecule has 0 amide bonds. The Balaban J connectivity index is 1.45. The van der Waals surface area contributed by atoms with Gasteiger partial charge in [-0.2, -0.15) is 4.80 Å². The van der Waals surface area contributed by atoms with Crippen LogP contribution in [0.3, 0.4) is 0 Å². The van der Waals surface area contributed by atoms with Crippen molar-refractivity contribution in [3.63, 3.8) is 0 Å². The fourth-order valence-electron chi connectivity index (χ4n) is 3.82. The number of halogens is 1. The molecule has 0 radical (unpaired) electrons. The average Bonchev–Trinajstić information content (AvgIpc) is 3.38. The zero-order chi connectivity index (χ0) is 22.7. The largest absolute Gasteiger partial charge is 0.332 e. The number of aryl methyl sites for hydroxylation is 1. The van der Waals surface area contributed by atoms with Crippen LogP contribution < -0.4 is 11.2 Å². The zero-order valence-electron chi connectivity index (χ0n) is 18.3. The van der Waals surface area contributed by atoms with Crippen molar-refractivity contribution < 1.29 is 4.39 Å². The fraction of sp³-hybridized carbons (Fsp3) is 0.455. The summed E-state index contributed by atoms with van der Waals surface area (Å²) in [5.41, 5.74) is 1.76. The number of unbranched alkanes of at least 4 members (excludes halogenated alkanes) is 1. The molecule has 3 aromatic rings. The number of benzene rings is 1. The van der Waals surface area contributed by atoms with Gasteiger partial charge in [-0.1, -0.05) is 25.5 Å². The Hall–Kier alpha value is -3.43. The number of nitrogens with zero attached hydrogens (tertiary/aromatic N) is 7. The summed E-state index contributed by atoms with van der Waals surface area (Å²) in [6, 6.07) is 6.17. The van der Waals surface area contributed by atoms with E-state index in [1.54, 1.807) is 16.7 Å². The van der Waals surface area contributed by atoms with Crippen molar-refractivity contribution in [2.75, 3.05) is 0 Å². The van der Waals surface area contributed by atoms with E-state index < -0.39 is 0 Å². The van der Waals surface area contributed by atoms with Crippen LogP contribution in [0.5, 0.6) is 0 Å². The third-order valence-electron chi connectivity index (χ3n) is 5.46. The maximum absolute atomic E-state index is 13.0. The van der Waals surface area contributed by atoms with Gasteiger partial charge < -0.3 is 0 Å². The predicted molar refractivity (Wildman–Crippen MR) is 118 cm³/mol. The Bertz CT molecular complexity index is 1250. The number of rotatable bonds is 9. The van der Waals surface area contributed by atoms with Crippen LogP contribution >= 0.6 is 0 Å². The second kappa shape index (κ2) is 9.37. The van der Waals surface area contributed by atoms with Crippen LogP contribution in [-0.2, 0) is 32.5 Å². The van der Waals surface area contributed by atoms with Gasteiger partial charge in [0.2, 0.25) is 0 Å². The summed E-state index contributed by atoms with van der Waals surface area (Å²) in [6.45, 7) is 5.17. The molecule has 32 heavy (non-hydrogen) atoms. The van der Waals surface area contributed by atoms with Crippen LogP contribution in [0.25, 0.3) is 0 Å². The highest BCUT2D eigenvalue weighted by molar-refractivity contribution is 5.91. The quantitative estimate of drug-likeness (QED) is 0.509. The SMILES string of the molecule is CCCCn1c2c(c(=O)n(CCCn3nnc(Cc4ccc(F)cc4)n3)c1=O)CC(C)=N2. The molecule has 10 heteroatoms. The minimum absolute atomic E-state index is 0.262. The summed E-state index contributed by atoms with van der Waals surface area (Å²) in [5, 5.41) is 12.4. The Morgan fingerprint density at radius 3 is 2.53 bits per heavy atom. The van der Waals surface area contributed by atoms with Crippen molar-refractivity contribution in [3.8, 4) is 0 Å². The van der Waals surface area contributed by atoms with E-state index in [1.807, 2.05) is 6.92 Å². The molecule has 0 aliphatic carbocycles. The molecule has 9 nitrogen and oxygen atoms in total. The van der Waals surface area contributed by atoms with E-state index in [-0.39, 0.29) is 23.6 Å². The van der Waals surface area contributed by atoms with Gasteiger partial charge in [0.15, 0.2) is 5.82 Å². The maximum Gasteiger partial charge on any atom is 0.332 e. The van der Waals surface area contributed by atoms with Gasteiger partial charge >= 0.3 is 5.69 Å². The van der Waals surface area contributed by atoms with Crippen LogP contribution in [0.4, 0.5) is 10.2 Å². The molecule has 0 saturated carbocycles. The second-order valence-corrected chi connectivity index (χ2v) is 8.03. The van der Waals surface area contributed by atoms with E-state index in [0.717, 1.165) is 24.1 Å². The lowest BCUT2D eigenvalue weighted by Gasteiger charge is -2.13. The van der Waals surface area contributed by atoms with E-state index in [9.17, 15) is 14.0 Å². The summed E-state index contributed by atoms with van der Waals surface area (Å²) < 4.78 is 16.0. The monoisotopic (exact) mass is 439 g/mol. The highest BCUT2D eigenvalue weighted by atomic mass is 19.1. The summed E-state index contributed by atoms with van der Waals surface area (Å²) in [5.74, 6) is 0.758. The average molecular weight is 439 g/mol. The van der Waals surface area contributed by atoms with Crippen molar-refractivity contribution in [2.24, 2.45) is 4.99 Å². The van der Waals surface area contributed by atoms with E-state index in [2.05, 4.69) is 27.3 Å². The number of hydrogen-bond donors (Lipinski definition) is 0. The van der Waals surface area contributed by atoms with E-state index in [0.29, 0.717) is 49.6 Å². The molecule has 4 rings (SSSR count). The summed E-state index contributed by atoms with van der Waals surface area (Å²) >= 11 is 0. The number of fused-ring (bicyclic) bond motifs is 1. The van der Waals surface area contributed by atoms with Gasteiger partial charge in [0, 0.05) is 31.6 Å². The van der Waals surface area contributed by atoms with Gasteiger partial charge in [-0.3, -0.25) is 13.9 Å². The lowest BCUT2D eigenvalue weighted by molar-refractivity contribution is 0.448. The highest BCUT2D eigenvalue weighted by Crippen LogP contribution is 2.22. The number of aliphatic imine (C=N–C) groups is 1. The first-order valence-electron chi connectivity index (χ1n) is 10.9. The molecule has 0 fully saturated rings. The summed E-state index contributed by atoms with van der Waals surface area (Å²) in [6.07, 6.45) is 3.23. The molecule has 1 aliphatic rings. The van der Waals surface area contributed by atoms with Gasteiger partial charge in [0.1, 0.15) is 11.6 Å². The van der Waals surface area contributed by atoms with Gasteiger partial charge in [0.25, 0.3) is 5.56 Å². The Morgan fingerprint density at radius 1 is 1.03 bits per heavy atom. The van der Waals surface area contributed by atoms with Crippen LogP contribution in [0.1, 0.15) is 50.1 Å². The van der Waals surface area contributed by atoms with Crippen molar-refractivity contribution in [1.29, 1.82) is 0 Å². The Morgan fingerprint density at radius 2 is 1.78 bits per heavy atom. The Kier molecular flexibility index (Phi) is 6.38. The molecule has 0 bridgehead atoms. The fourth-order valence-corrected chi connectivity index (χ4v) is 3.82. The third kappa shape index (κ3) is 4.58. The molecular weight excluding hydrogens is 413 g/mol. The van der Waals surface area contributed by atoms with Crippen molar-refractivity contribution >= 4 is 11.5 Å². The molecule has 0 spiro atoms. The van der Waals surface area contributed by atoms with Gasteiger partial charge in [-0.05, 0) is 42.7 Å². The van der Waals surface area contributed by atoms with E-state index in [4.69, 9.17) is 0 Å². The second-order valence-electron chi connectivity index (χ2n) is 8.03. The first kappa shape index (κ1) is 21.8. The number of hydrogen-bond acceptors (Lipinski definition) is 6. The third-order valence-corrected chi connectivity index (χ3v) is 5.46. The first-order valence-corrected chi connectivity index (χ1v) is 10.9. The van der Waals surface area contributed by atoms with Gasteiger partial charge in [-0.25, -0.2) is 14.2 Å². The lowest BCUT2D eigenvalue weighted by Crippen LogP contribution is -2.41. The molecular formula is C22H26FN7O2. The predicted octanol–water partition coefficient (Wildman–Crippen LogP) is 2.27. The van der Waals surface area contributed by atoms with Crippen molar-refractivity contribution in [3.05, 3.63) is 67.9 Å². The molecule has 0 saturated heterocycles. The minimum Gasteiger partial charge on any atom is -0.278 e. The van der Waals surface area contributed by atoms with Crippen molar-refractivity contribution in [2.45, 2.75) is 65.6 Å². The Labute approximate surface area is 184 Å². The molecule has 0 N–H and O–H groups in total. The summed E-state index contributed by atoms with van der Waals surface area (Å²) in [4.78, 5) is 31.9. The minimum atomic E-state index is -0.316. The molecule has 168 valence electrons. The topological polar surface area (TPSA) is 100.0 Å². The zero-order valence-corrected chi connectivity index (χ0v) is 18.3. The van der Waals surface area contributed by atoms with Gasteiger partial charge in [-0.15, -0.1) is 10.2 Å².